The highest BCUT2D eigenvalue weighted by atomic mass is 35.5. The number of thioether (sulfide) groups is 1. The first kappa shape index (κ1) is 14.8. The largest absolute Gasteiger partial charge is 0.370 e. The lowest BCUT2D eigenvalue weighted by atomic mass is 10.1. The van der Waals surface area contributed by atoms with Crippen molar-refractivity contribution in [2.75, 3.05) is 23.9 Å². The highest BCUT2D eigenvalue weighted by Crippen LogP contribution is 2.31. The zero-order chi connectivity index (χ0) is 14.7. The maximum atomic E-state index is 6.36. The van der Waals surface area contributed by atoms with Crippen molar-refractivity contribution in [3.05, 3.63) is 40.5 Å². The monoisotopic (exact) mass is 321 g/mol. The minimum Gasteiger partial charge on any atom is -0.370 e. The lowest BCUT2D eigenvalue weighted by Gasteiger charge is -2.10. The number of rotatable bonds is 4. The Morgan fingerprint density at radius 2 is 2.19 bits per heavy atom. The predicted octanol–water partition coefficient (Wildman–Crippen LogP) is 4.18. The van der Waals surface area contributed by atoms with Gasteiger partial charge in [0.15, 0.2) is 0 Å². The number of aromatic nitrogens is 2. The molecule has 5 heteroatoms. The van der Waals surface area contributed by atoms with E-state index in [1.54, 1.807) is 0 Å². The fourth-order valence-electron chi connectivity index (χ4n) is 2.77. The van der Waals surface area contributed by atoms with Crippen molar-refractivity contribution in [2.45, 2.75) is 25.7 Å². The summed E-state index contributed by atoms with van der Waals surface area (Å²) in [6.45, 7) is 1.01. The number of nitrogens with one attached hydrogen (secondary N) is 1. The van der Waals surface area contributed by atoms with Crippen LogP contribution in [0.4, 0.5) is 5.82 Å². The molecule has 2 aromatic rings. The molecule has 0 saturated heterocycles. The summed E-state index contributed by atoms with van der Waals surface area (Å²) in [7, 11) is 0. The van der Waals surface area contributed by atoms with E-state index in [2.05, 4.69) is 11.6 Å². The van der Waals surface area contributed by atoms with Crippen molar-refractivity contribution < 1.29 is 0 Å². The molecule has 0 radical (unpaired) electrons. The van der Waals surface area contributed by atoms with Crippen molar-refractivity contribution in [2.24, 2.45) is 0 Å². The van der Waals surface area contributed by atoms with Gasteiger partial charge in [-0.05, 0) is 43.4 Å². The molecule has 1 aromatic heterocycles. The molecule has 2 heterocycles. The topological polar surface area (TPSA) is 29.9 Å². The van der Waals surface area contributed by atoms with Gasteiger partial charge in [-0.1, -0.05) is 23.7 Å². The normalized spacial score (nSPS) is 14.4. The number of para-hydroxylation sites is 1. The van der Waals surface area contributed by atoms with Crippen LogP contribution in [0.3, 0.4) is 0 Å². The SMILES string of the molecule is CSCCc1nn(-c2ccccc2Cl)c2c1CCCCN2. The second-order valence-electron chi connectivity index (χ2n) is 5.26. The molecule has 1 aliphatic rings. The third kappa shape index (κ3) is 3.06. The van der Waals surface area contributed by atoms with E-state index in [9.17, 15) is 0 Å². The molecule has 0 aliphatic carbocycles. The van der Waals surface area contributed by atoms with Crippen LogP contribution in [0.1, 0.15) is 24.1 Å². The summed E-state index contributed by atoms with van der Waals surface area (Å²) in [5.74, 6) is 2.24. The summed E-state index contributed by atoms with van der Waals surface area (Å²) in [6.07, 6.45) is 6.70. The van der Waals surface area contributed by atoms with Crippen LogP contribution in [0.25, 0.3) is 5.69 Å². The second-order valence-corrected chi connectivity index (χ2v) is 6.66. The van der Waals surface area contributed by atoms with Crippen molar-refractivity contribution in [3.8, 4) is 5.69 Å². The summed E-state index contributed by atoms with van der Waals surface area (Å²) in [5, 5.41) is 9.15. The lowest BCUT2D eigenvalue weighted by molar-refractivity contribution is 0.766. The van der Waals surface area contributed by atoms with E-state index >= 15 is 0 Å². The smallest absolute Gasteiger partial charge is 0.133 e. The third-order valence-corrected chi connectivity index (χ3v) is 4.77. The van der Waals surface area contributed by atoms with Crippen molar-refractivity contribution in [1.82, 2.24) is 9.78 Å². The predicted molar refractivity (Wildman–Crippen MR) is 92.1 cm³/mol. The van der Waals surface area contributed by atoms with E-state index < -0.39 is 0 Å². The molecule has 3 nitrogen and oxygen atoms in total. The van der Waals surface area contributed by atoms with E-state index in [1.165, 1.54) is 24.1 Å². The zero-order valence-electron chi connectivity index (χ0n) is 12.2. The van der Waals surface area contributed by atoms with Gasteiger partial charge in [0, 0.05) is 18.5 Å². The number of halogens is 1. The zero-order valence-corrected chi connectivity index (χ0v) is 13.8. The quantitative estimate of drug-likeness (QED) is 0.916. The Morgan fingerprint density at radius 1 is 1.33 bits per heavy atom. The van der Waals surface area contributed by atoms with E-state index in [0.717, 1.165) is 41.7 Å². The van der Waals surface area contributed by atoms with Gasteiger partial charge in [-0.3, -0.25) is 0 Å². The number of aryl methyl sites for hydroxylation is 1. The Morgan fingerprint density at radius 3 is 3.00 bits per heavy atom. The number of nitrogens with zero attached hydrogens (tertiary/aromatic N) is 2. The van der Waals surface area contributed by atoms with E-state index in [-0.39, 0.29) is 0 Å². The molecule has 0 unspecified atom stereocenters. The molecule has 0 spiro atoms. The van der Waals surface area contributed by atoms with Gasteiger partial charge in [-0.2, -0.15) is 16.9 Å². The van der Waals surface area contributed by atoms with Crippen molar-refractivity contribution >= 4 is 29.2 Å². The van der Waals surface area contributed by atoms with Gasteiger partial charge in [0.05, 0.1) is 16.4 Å². The molecular formula is C16H20ClN3S. The summed E-state index contributed by atoms with van der Waals surface area (Å²) in [6, 6.07) is 7.91. The Balaban J connectivity index is 2.08. The van der Waals surface area contributed by atoms with E-state index in [4.69, 9.17) is 16.7 Å². The Bertz CT molecular complexity index is 624. The highest BCUT2D eigenvalue weighted by Gasteiger charge is 2.21. The van der Waals surface area contributed by atoms with Crippen LogP contribution in [-0.2, 0) is 12.8 Å². The molecule has 0 atom stereocenters. The van der Waals surface area contributed by atoms with Crippen LogP contribution in [0.15, 0.2) is 24.3 Å². The summed E-state index contributed by atoms with van der Waals surface area (Å²) < 4.78 is 2.00. The van der Waals surface area contributed by atoms with Crippen LogP contribution >= 0.6 is 23.4 Å². The average molecular weight is 322 g/mol. The molecule has 1 aliphatic heterocycles. The van der Waals surface area contributed by atoms with Gasteiger partial charge >= 0.3 is 0 Å². The van der Waals surface area contributed by atoms with Gasteiger partial charge in [0.1, 0.15) is 5.82 Å². The maximum absolute atomic E-state index is 6.36. The van der Waals surface area contributed by atoms with Crippen LogP contribution in [0.5, 0.6) is 0 Å². The molecule has 0 saturated carbocycles. The first-order chi connectivity index (χ1) is 10.3. The molecule has 1 aromatic carbocycles. The first-order valence-electron chi connectivity index (χ1n) is 7.39. The van der Waals surface area contributed by atoms with Crippen LogP contribution in [0.2, 0.25) is 5.02 Å². The van der Waals surface area contributed by atoms with Gasteiger partial charge in [-0.15, -0.1) is 0 Å². The fourth-order valence-corrected chi connectivity index (χ4v) is 3.38. The highest BCUT2D eigenvalue weighted by molar-refractivity contribution is 7.98. The second kappa shape index (κ2) is 6.75. The molecular weight excluding hydrogens is 302 g/mol. The van der Waals surface area contributed by atoms with E-state index in [0.29, 0.717) is 0 Å². The Hall–Kier alpha value is -1.13. The third-order valence-electron chi connectivity index (χ3n) is 3.84. The standard InChI is InChI=1S/C16H20ClN3S/c1-21-11-9-14-12-6-4-5-10-18-16(12)20(19-14)15-8-3-2-7-13(15)17/h2-3,7-8,18H,4-6,9-11H2,1H3. The summed E-state index contributed by atoms with van der Waals surface area (Å²) in [5.41, 5.74) is 3.55. The molecule has 0 amide bonds. The Labute approximate surface area is 135 Å². The van der Waals surface area contributed by atoms with Gasteiger partial charge in [0.2, 0.25) is 0 Å². The van der Waals surface area contributed by atoms with Gasteiger partial charge < -0.3 is 5.32 Å². The Kier molecular flexibility index (Phi) is 4.76. The number of hydrogen-bond donors (Lipinski definition) is 1. The minimum atomic E-state index is 0.741. The summed E-state index contributed by atoms with van der Waals surface area (Å²) >= 11 is 8.23. The molecule has 1 N–H and O–H groups in total. The van der Waals surface area contributed by atoms with Crippen LogP contribution < -0.4 is 5.32 Å². The number of fused-ring (bicyclic) bond motifs is 1. The summed E-state index contributed by atoms with van der Waals surface area (Å²) in [4.78, 5) is 0. The van der Waals surface area contributed by atoms with Crippen molar-refractivity contribution in [1.29, 1.82) is 0 Å². The van der Waals surface area contributed by atoms with Gasteiger partial charge in [-0.25, -0.2) is 4.68 Å². The number of benzene rings is 1. The van der Waals surface area contributed by atoms with Crippen molar-refractivity contribution in [3.63, 3.8) is 0 Å². The number of anilines is 1. The molecule has 21 heavy (non-hydrogen) atoms. The first-order valence-corrected chi connectivity index (χ1v) is 9.17. The van der Waals surface area contributed by atoms with E-state index in [1.807, 2.05) is 40.7 Å². The number of hydrogen-bond acceptors (Lipinski definition) is 3. The molecule has 0 fully saturated rings. The van der Waals surface area contributed by atoms with Crippen LogP contribution in [-0.4, -0.2) is 28.3 Å². The molecule has 112 valence electrons. The molecule has 0 bridgehead atoms. The van der Waals surface area contributed by atoms with Crippen LogP contribution in [0, 0.1) is 0 Å². The van der Waals surface area contributed by atoms with Gasteiger partial charge in [0.25, 0.3) is 0 Å². The lowest BCUT2D eigenvalue weighted by Crippen LogP contribution is -2.07. The molecule has 3 rings (SSSR count). The minimum absolute atomic E-state index is 0.741. The average Bonchev–Trinajstić information content (AvgIpc) is 2.68. The maximum Gasteiger partial charge on any atom is 0.133 e. The fraction of sp³-hybridized carbons (Fsp3) is 0.438.